The largest absolute Gasteiger partial charge is 0.497 e. The molecule has 2 aliphatic rings. The van der Waals surface area contributed by atoms with Crippen LogP contribution in [0.4, 0.5) is 0 Å². The predicted molar refractivity (Wildman–Crippen MR) is 111 cm³/mol. The van der Waals surface area contributed by atoms with E-state index in [9.17, 15) is 4.79 Å². The van der Waals surface area contributed by atoms with E-state index in [1.807, 2.05) is 31.3 Å². The highest BCUT2D eigenvalue weighted by Crippen LogP contribution is 2.33. The summed E-state index contributed by atoms with van der Waals surface area (Å²) >= 11 is 0. The first-order valence-electron chi connectivity index (χ1n) is 10.5. The number of hydrogen-bond acceptors (Lipinski definition) is 5. The molecule has 1 aliphatic heterocycles. The van der Waals surface area contributed by atoms with Crippen molar-refractivity contribution in [2.24, 2.45) is 0 Å². The number of nitrogens with one attached hydrogen (secondary N) is 1. The van der Waals surface area contributed by atoms with Crippen LogP contribution in [0.3, 0.4) is 0 Å². The molecular formula is C22H35N3O3. The van der Waals surface area contributed by atoms with Crippen molar-refractivity contribution in [1.82, 2.24) is 15.1 Å². The maximum atomic E-state index is 12.6. The lowest BCUT2D eigenvalue weighted by atomic mass is 9.79. The van der Waals surface area contributed by atoms with Gasteiger partial charge in [0.2, 0.25) is 5.91 Å². The van der Waals surface area contributed by atoms with Gasteiger partial charge < -0.3 is 14.8 Å². The number of methoxy groups -OCH3 is 1. The molecule has 0 spiro atoms. The lowest BCUT2D eigenvalue weighted by Crippen LogP contribution is -2.60. The first kappa shape index (κ1) is 21.1. The Kier molecular flexibility index (Phi) is 7.71. The topological polar surface area (TPSA) is 54.0 Å². The molecule has 1 amide bonds. The van der Waals surface area contributed by atoms with Gasteiger partial charge in [-0.05, 0) is 37.6 Å². The zero-order valence-electron chi connectivity index (χ0n) is 17.4. The molecule has 156 valence electrons. The van der Waals surface area contributed by atoms with Gasteiger partial charge in [-0.1, -0.05) is 31.4 Å². The number of nitrogens with zero attached hydrogens (tertiary/aromatic N) is 2. The molecule has 0 bridgehead atoms. The van der Waals surface area contributed by atoms with Gasteiger partial charge in [-0.25, -0.2) is 0 Å². The summed E-state index contributed by atoms with van der Waals surface area (Å²) in [5, 5.41) is 3.24. The first-order valence-corrected chi connectivity index (χ1v) is 10.5. The van der Waals surface area contributed by atoms with Gasteiger partial charge in [0.15, 0.2) is 0 Å². The molecule has 1 saturated carbocycles. The number of likely N-dealkylation sites (N-methyl/N-ethyl adjacent to an activating group) is 1. The van der Waals surface area contributed by atoms with Gasteiger partial charge in [-0.15, -0.1) is 0 Å². The summed E-state index contributed by atoms with van der Waals surface area (Å²) in [6.07, 6.45) is 6.17. The Hall–Kier alpha value is -1.63. The van der Waals surface area contributed by atoms with E-state index in [-0.39, 0.29) is 11.4 Å². The molecular weight excluding hydrogens is 354 g/mol. The quantitative estimate of drug-likeness (QED) is 0.739. The smallest absolute Gasteiger partial charge is 0.234 e. The van der Waals surface area contributed by atoms with Crippen molar-refractivity contribution in [2.75, 3.05) is 53.6 Å². The zero-order chi connectivity index (χ0) is 19.8. The lowest BCUT2D eigenvalue weighted by molar-refractivity contribution is -0.123. The van der Waals surface area contributed by atoms with Crippen LogP contribution >= 0.6 is 0 Å². The molecule has 6 nitrogen and oxygen atoms in total. The minimum absolute atomic E-state index is 0.106. The highest BCUT2D eigenvalue weighted by Gasteiger charge is 2.38. The van der Waals surface area contributed by atoms with Crippen molar-refractivity contribution in [3.63, 3.8) is 0 Å². The Morgan fingerprint density at radius 3 is 2.50 bits per heavy atom. The molecule has 1 aliphatic carbocycles. The van der Waals surface area contributed by atoms with Gasteiger partial charge in [0.25, 0.3) is 0 Å². The molecule has 1 saturated heterocycles. The van der Waals surface area contributed by atoms with E-state index in [4.69, 9.17) is 9.47 Å². The average Bonchev–Trinajstić information content (AvgIpc) is 2.74. The van der Waals surface area contributed by atoms with Gasteiger partial charge in [-0.2, -0.15) is 0 Å². The zero-order valence-corrected chi connectivity index (χ0v) is 17.4. The van der Waals surface area contributed by atoms with Crippen LogP contribution in [0.15, 0.2) is 24.3 Å². The fourth-order valence-corrected chi connectivity index (χ4v) is 4.52. The van der Waals surface area contributed by atoms with Gasteiger partial charge in [0.1, 0.15) is 5.75 Å². The number of carbonyl (C=O) groups excluding carboxylic acids is 1. The Bertz CT molecular complexity index is 608. The Morgan fingerprint density at radius 1 is 1.18 bits per heavy atom. The van der Waals surface area contributed by atoms with Crippen LogP contribution in [-0.4, -0.2) is 74.8 Å². The normalized spacial score (nSPS) is 20.1. The third-order valence-electron chi connectivity index (χ3n) is 6.11. The first-order chi connectivity index (χ1) is 13.6. The van der Waals surface area contributed by atoms with Crippen LogP contribution in [0.1, 0.15) is 37.7 Å². The van der Waals surface area contributed by atoms with Gasteiger partial charge >= 0.3 is 0 Å². The fourth-order valence-electron chi connectivity index (χ4n) is 4.52. The summed E-state index contributed by atoms with van der Waals surface area (Å²) < 4.78 is 10.7. The second-order valence-electron chi connectivity index (χ2n) is 8.18. The molecule has 3 rings (SSSR count). The molecule has 1 N–H and O–H groups in total. The number of carbonyl (C=O) groups is 1. The molecule has 1 heterocycles. The number of hydrogen-bond donors (Lipinski definition) is 1. The highest BCUT2D eigenvalue weighted by molar-refractivity contribution is 5.78. The maximum Gasteiger partial charge on any atom is 0.234 e. The summed E-state index contributed by atoms with van der Waals surface area (Å²) in [6, 6.07) is 8.00. The molecule has 6 heteroatoms. The molecule has 1 aromatic carbocycles. The summed E-state index contributed by atoms with van der Waals surface area (Å²) in [5.41, 5.74) is 1.29. The Balaban J connectivity index is 1.49. The Morgan fingerprint density at radius 2 is 1.86 bits per heavy atom. The van der Waals surface area contributed by atoms with E-state index >= 15 is 0 Å². The van der Waals surface area contributed by atoms with Crippen molar-refractivity contribution >= 4 is 5.91 Å². The standard InChI is InChI=1S/C22H35N3O3/c1-24(16-19-6-8-20(27-2)9-7-19)17-21(26)23-18-22(10-4-3-5-11-22)25-12-14-28-15-13-25/h6-9H,3-5,10-18H2,1-2H3,(H,23,26). The van der Waals surface area contributed by atoms with E-state index in [0.717, 1.165) is 45.1 Å². The van der Waals surface area contributed by atoms with Crippen LogP contribution in [0.5, 0.6) is 5.75 Å². The summed E-state index contributed by atoms with van der Waals surface area (Å²) in [5.74, 6) is 0.958. The van der Waals surface area contributed by atoms with Crippen LogP contribution in [0.25, 0.3) is 0 Å². The molecule has 0 atom stereocenters. The number of ether oxygens (including phenoxy) is 2. The SMILES string of the molecule is COc1ccc(CN(C)CC(=O)NCC2(N3CCOCC3)CCCCC2)cc1. The average molecular weight is 390 g/mol. The van der Waals surface area contributed by atoms with E-state index in [0.29, 0.717) is 6.54 Å². The van der Waals surface area contributed by atoms with E-state index in [1.165, 1.54) is 37.7 Å². The summed E-state index contributed by atoms with van der Waals surface area (Å²) in [4.78, 5) is 17.2. The molecule has 0 unspecified atom stereocenters. The van der Waals surface area contributed by atoms with Crippen molar-refractivity contribution < 1.29 is 14.3 Å². The van der Waals surface area contributed by atoms with Crippen LogP contribution < -0.4 is 10.1 Å². The third-order valence-corrected chi connectivity index (χ3v) is 6.11. The monoisotopic (exact) mass is 389 g/mol. The minimum Gasteiger partial charge on any atom is -0.497 e. The van der Waals surface area contributed by atoms with Gasteiger partial charge in [0, 0.05) is 31.7 Å². The number of morpholine rings is 1. The lowest BCUT2D eigenvalue weighted by Gasteiger charge is -2.48. The summed E-state index contributed by atoms with van der Waals surface area (Å²) in [6.45, 7) is 5.47. The maximum absolute atomic E-state index is 12.6. The minimum atomic E-state index is 0.106. The van der Waals surface area contributed by atoms with Crippen molar-refractivity contribution in [1.29, 1.82) is 0 Å². The fraction of sp³-hybridized carbons (Fsp3) is 0.682. The number of rotatable bonds is 8. The van der Waals surface area contributed by atoms with Gasteiger partial charge in [-0.3, -0.25) is 14.6 Å². The van der Waals surface area contributed by atoms with Crippen LogP contribution in [0.2, 0.25) is 0 Å². The van der Waals surface area contributed by atoms with Crippen molar-refractivity contribution in [3.05, 3.63) is 29.8 Å². The van der Waals surface area contributed by atoms with Crippen molar-refractivity contribution in [3.8, 4) is 5.75 Å². The number of benzene rings is 1. The van der Waals surface area contributed by atoms with Crippen LogP contribution in [-0.2, 0) is 16.1 Å². The number of amides is 1. The molecule has 0 radical (unpaired) electrons. The molecule has 0 aromatic heterocycles. The molecule has 1 aromatic rings. The van der Waals surface area contributed by atoms with E-state index < -0.39 is 0 Å². The Labute approximate surface area is 169 Å². The molecule has 28 heavy (non-hydrogen) atoms. The second kappa shape index (κ2) is 10.2. The van der Waals surface area contributed by atoms with Gasteiger partial charge in [0.05, 0.1) is 26.9 Å². The van der Waals surface area contributed by atoms with E-state index in [2.05, 4.69) is 15.1 Å². The predicted octanol–water partition coefficient (Wildman–Crippen LogP) is 2.28. The summed E-state index contributed by atoms with van der Waals surface area (Å²) in [7, 11) is 3.66. The second-order valence-corrected chi connectivity index (χ2v) is 8.18. The third kappa shape index (κ3) is 5.69. The van der Waals surface area contributed by atoms with Crippen molar-refractivity contribution in [2.45, 2.75) is 44.2 Å². The highest BCUT2D eigenvalue weighted by atomic mass is 16.5. The van der Waals surface area contributed by atoms with Crippen LogP contribution in [0, 0.1) is 0 Å². The molecule has 2 fully saturated rings. The van der Waals surface area contributed by atoms with E-state index in [1.54, 1.807) is 7.11 Å².